The van der Waals surface area contributed by atoms with Gasteiger partial charge < -0.3 is 9.47 Å². The predicted octanol–water partition coefficient (Wildman–Crippen LogP) is 3.06. The van der Waals surface area contributed by atoms with E-state index in [-0.39, 0.29) is 0 Å². The van der Waals surface area contributed by atoms with Crippen LogP contribution in [0.2, 0.25) is 0 Å². The van der Waals surface area contributed by atoms with Crippen LogP contribution in [0.5, 0.6) is 0 Å². The third-order valence-electron chi connectivity index (χ3n) is 2.72. The highest BCUT2D eigenvalue weighted by molar-refractivity contribution is 5.27. The van der Waals surface area contributed by atoms with Crippen LogP contribution < -0.4 is 0 Å². The van der Waals surface area contributed by atoms with E-state index in [9.17, 15) is 0 Å². The van der Waals surface area contributed by atoms with E-state index in [0.717, 1.165) is 31.0 Å². The van der Waals surface area contributed by atoms with Crippen molar-refractivity contribution in [2.75, 3.05) is 20.1 Å². The van der Waals surface area contributed by atoms with Gasteiger partial charge in [0.25, 0.3) is 5.79 Å². The van der Waals surface area contributed by atoms with Crippen LogP contribution in [0, 0.1) is 0 Å². The number of ether oxygens (including phenoxy) is 2. The zero-order valence-corrected chi connectivity index (χ0v) is 11.3. The largest absolute Gasteiger partial charge is 0.447 e. The molecule has 0 bridgehead atoms. The highest BCUT2D eigenvalue weighted by Gasteiger charge is 2.46. The minimum absolute atomic E-state index is 0.465. The quantitative estimate of drug-likeness (QED) is 0.736. The van der Waals surface area contributed by atoms with E-state index in [1.807, 2.05) is 32.9 Å². The van der Waals surface area contributed by atoms with Crippen LogP contribution in [0.15, 0.2) is 36.3 Å². The molecule has 2 heterocycles. The van der Waals surface area contributed by atoms with Gasteiger partial charge >= 0.3 is 0 Å². The lowest BCUT2D eigenvalue weighted by molar-refractivity contribution is -0.137. The van der Waals surface area contributed by atoms with Gasteiger partial charge in [-0.3, -0.25) is 4.90 Å². The number of rotatable bonds is 2. The lowest BCUT2D eigenvalue weighted by atomic mass is 10.2. The lowest BCUT2D eigenvalue weighted by Crippen LogP contribution is -2.33. The van der Waals surface area contributed by atoms with Crippen molar-refractivity contribution in [3.05, 3.63) is 36.3 Å². The van der Waals surface area contributed by atoms with Gasteiger partial charge in [-0.2, -0.15) is 0 Å². The Labute approximate surface area is 104 Å². The standard InChI is InChI=1S/C12H17NO2.C2H6/c1-4-6-11-10(5-2)14-12(15-11)7-8-13(3)9-12;1-2/h4-6H,2,7-9H2,1,3H3;1-2H3/b6-4-;. The van der Waals surface area contributed by atoms with Gasteiger partial charge in [-0.05, 0) is 26.1 Å². The Morgan fingerprint density at radius 1 is 1.29 bits per heavy atom. The Hall–Kier alpha value is -1.22. The molecule has 1 atom stereocenters. The van der Waals surface area contributed by atoms with E-state index >= 15 is 0 Å². The molecule has 0 saturated carbocycles. The third-order valence-corrected chi connectivity index (χ3v) is 2.72. The van der Waals surface area contributed by atoms with E-state index in [4.69, 9.17) is 9.47 Å². The number of allylic oxidation sites excluding steroid dienone is 3. The average molecular weight is 237 g/mol. The number of hydrogen-bond donors (Lipinski definition) is 0. The first-order chi connectivity index (χ1) is 8.19. The Morgan fingerprint density at radius 2 is 1.94 bits per heavy atom. The summed E-state index contributed by atoms with van der Waals surface area (Å²) >= 11 is 0. The number of likely N-dealkylation sites (tertiary alicyclic amines) is 1. The van der Waals surface area contributed by atoms with Crippen molar-refractivity contribution in [1.29, 1.82) is 0 Å². The summed E-state index contributed by atoms with van der Waals surface area (Å²) in [5.41, 5.74) is 0. The van der Waals surface area contributed by atoms with Crippen molar-refractivity contribution < 1.29 is 9.47 Å². The van der Waals surface area contributed by atoms with Crippen LogP contribution in [-0.4, -0.2) is 30.8 Å². The molecule has 2 aliphatic rings. The molecule has 1 spiro atoms. The van der Waals surface area contributed by atoms with Crippen molar-refractivity contribution in [1.82, 2.24) is 4.90 Å². The van der Waals surface area contributed by atoms with Crippen molar-refractivity contribution in [3.63, 3.8) is 0 Å². The fourth-order valence-corrected chi connectivity index (χ4v) is 2.03. The molecule has 2 aliphatic heterocycles. The van der Waals surface area contributed by atoms with Gasteiger partial charge in [-0.15, -0.1) is 0 Å². The van der Waals surface area contributed by atoms with Gasteiger partial charge in [0, 0.05) is 13.0 Å². The van der Waals surface area contributed by atoms with Crippen LogP contribution in [0.1, 0.15) is 27.2 Å². The molecule has 2 rings (SSSR count). The fraction of sp³-hybridized carbons (Fsp3) is 0.571. The SMILES string of the molecule is C=CC1=C(/C=C\C)OC2(CCN(C)C2)O1.CC. The minimum atomic E-state index is -0.465. The summed E-state index contributed by atoms with van der Waals surface area (Å²) in [4.78, 5) is 2.21. The van der Waals surface area contributed by atoms with Crippen LogP contribution in [0.4, 0.5) is 0 Å². The molecular formula is C14H23NO2. The first kappa shape index (κ1) is 13.8. The number of nitrogens with zero attached hydrogens (tertiary/aromatic N) is 1. The molecule has 0 radical (unpaired) electrons. The molecule has 3 nitrogen and oxygen atoms in total. The normalized spacial score (nSPS) is 28.0. The third kappa shape index (κ3) is 2.91. The summed E-state index contributed by atoms with van der Waals surface area (Å²) in [6, 6.07) is 0. The molecule has 17 heavy (non-hydrogen) atoms. The summed E-state index contributed by atoms with van der Waals surface area (Å²) < 4.78 is 11.7. The second-order valence-electron chi connectivity index (χ2n) is 4.04. The van der Waals surface area contributed by atoms with Crippen molar-refractivity contribution in [2.45, 2.75) is 33.0 Å². The number of likely N-dealkylation sites (N-methyl/N-ethyl adjacent to an activating group) is 1. The van der Waals surface area contributed by atoms with Gasteiger partial charge in [-0.25, -0.2) is 0 Å². The molecule has 0 aliphatic carbocycles. The summed E-state index contributed by atoms with van der Waals surface area (Å²) in [6.45, 7) is 11.5. The maximum atomic E-state index is 5.88. The minimum Gasteiger partial charge on any atom is -0.447 e. The van der Waals surface area contributed by atoms with Crippen molar-refractivity contribution in [3.8, 4) is 0 Å². The summed E-state index contributed by atoms with van der Waals surface area (Å²) in [7, 11) is 2.07. The molecule has 0 aromatic carbocycles. The van der Waals surface area contributed by atoms with Crippen LogP contribution in [0.3, 0.4) is 0 Å². The predicted molar refractivity (Wildman–Crippen MR) is 70.4 cm³/mol. The molecule has 96 valence electrons. The molecule has 1 saturated heterocycles. The van der Waals surface area contributed by atoms with Crippen molar-refractivity contribution >= 4 is 0 Å². The molecule has 3 heteroatoms. The van der Waals surface area contributed by atoms with Gasteiger partial charge in [0.2, 0.25) is 0 Å². The van der Waals surface area contributed by atoms with Crippen LogP contribution in [-0.2, 0) is 9.47 Å². The summed E-state index contributed by atoms with van der Waals surface area (Å²) in [5.74, 6) is 1.08. The molecule has 0 N–H and O–H groups in total. The first-order valence-corrected chi connectivity index (χ1v) is 6.25. The Kier molecular flexibility index (Phi) is 4.82. The first-order valence-electron chi connectivity index (χ1n) is 6.25. The zero-order valence-electron chi connectivity index (χ0n) is 11.3. The Balaban J connectivity index is 0.000000686. The topological polar surface area (TPSA) is 21.7 Å². The lowest BCUT2D eigenvalue weighted by Gasteiger charge is -2.23. The zero-order chi connectivity index (χ0) is 12.9. The van der Waals surface area contributed by atoms with Gasteiger partial charge in [0.1, 0.15) is 0 Å². The van der Waals surface area contributed by atoms with E-state index in [0.29, 0.717) is 0 Å². The number of hydrogen-bond acceptors (Lipinski definition) is 3. The van der Waals surface area contributed by atoms with E-state index in [2.05, 4.69) is 18.5 Å². The highest BCUT2D eigenvalue weighted by Crippen LogP contribution is 2.38. The van der Waals surface area contributed by atoms with E-state index < -0.39 is 5.79 Å². The maximum absolute atomic E-state index is 5.88. The smallest absolute Gasteiger partial charge is 0.265 e. The van der Waals surface area contributed by atoms with Gasteiger partial charge in [0.15, 0.2) is 11.5 Å². The highest BCUT2D eigenvalue weighted by atomic mass is 16.7. The summed E-state index contributed by atoms with van der Waals surface area (Å²) in [5, 5.41) is 0. The molecule has 1 unspecified atom stereocenters. The summed E-state index contributed by atoms with van der Waals surface area (Å²) in [6.07, 6.45) is 6.48. The molecule has 0 aromatic rings. The van der Waals surface area contributed by atoms with Crippen LogP contribution in [0.25, 0.3) is 0 Å². The fourth-order valence-electron chi connectivity index (χ4n) is 2.03. The second kappa shape index (κ2) is 5.92. The van der Waals surface area contributed by atoms with Crippen molar-refractivity contribution in [2.24, 2.45) is 0 Å². The van der Waals surface area contributed by atoms with Gasteiger partial charge in [0.05, 0.1) is 6.54 Å². The van der Waals surface area contributed by atoms with E-state index in [1.165, 1.54) is 0 Å². The maximum Gasteiger partial charge on any atom is 0.265 e. The molecule has 1 fully saturated rings. The Morgan fingerprint density at radius 3 is 2.41 bits per heavy atom. The van der Waals surface area contributed by atoms with Crippen LogP contribution >= 0.6 is 0 Å². The molecular weight excluding hydrogens is 214 g/mol. The van der Waals surface area contributed by atoms with E-state index in [1.54, 1.807) is 6.08 Å². The second-order valence-corrected chi connectivity index (χ2v) is 4.04. The molecule has 0 amide bonds. The average Bonchev–Trinajstić information content (AvgIpc) is 2.86. The monoisotopic (exact) mass is 237 g/mol. The van der Waals surface area contributed by atoms with Gasteiger partial charge in [-0.1, -0.05) is 26.5 Å². The Bertz CT molecular complexity index is 333. The molecule has 0 aromatic heterocycles.